The summed E-state index contributed by atoms with van der Waals surface area (Å²) in [4.78, 5) is 25.1. The minimum Gasteiger partial charge on any atom is -0.497 e. The van der Waals surface area contributed by atoms with Gasteiger partial charge in [-0.2, -0.15) is 0 Å². The number of hydrogen-bond acceptors (Lipinski definition) is 5. The molecule has 0 bridgehead atoms. The highest BCUT2D eigenvalue weighted by molar-refractivity contribution is 5.97. The average molecular weight is 295 g/mol. The van der Waals surface area contributed by atoms with Gasteiger partial charge in [-0.25, -0.2) is 4.79 Å². The predicted octanol–water partition coefficient (Wildman–Crippen LogP) is 0.629. The van der Waals surface area contributed by atoms with Crippen molar-refractivity contribution in [2.45, 2.75) is 6.04 Å². The van der Waals surface area contributed by atoms with Crippen molar-refractivity contribution in [2.24, 2.45) is 0 Å². The van der Waals surface area contributed by atoms with E-state index >= 15 is 0 Å². The number of nitrogens with zero attached hydrogens (tertiary/aromatic N) is 1. The largest absolute Gasteiger partial charge is 0.497 e. The van der Waals surface area contributed by atoms with Crippen LogP contribution < -0.4 is 9.47 Å². The lowest BCUT2D eigenvalue weighted by atomic mass is 10.1. The van der Waals surface area contributed by atoms with Crippen molar-refractivity contribution in [3.05, 3.63) is 23.8 Å². The van der Waals surface area contributed by atoms with Gasteiger partial charge in [-0.1, -0.05) is 0 Å². The summed E-state index contributed by atoms with van der Waals surface area (Å²) in [6, 6.07) is 3.77. The molecular formula is C14H17NO6. The summed E-state index contributed by atoms with van der Waals surface area (Å²) < 4.78 is 15.4. The molecule has 1 aliphatic rings. The summed E-state index contributed by atoms with van der Waals surface area (Å²) >= 11 is 0. The van der Waals surface area contributed by atoms with Crippen LogP contribution >= 0.6 is 0 Å². The molecule has 1 aliphatic heterocycles. The Bertz CT molecular complexity index is 522. The Labute approximate surface area is 122 Å². The monoisotopic (exact) mass is 295 g/mol. The van der Waals surface area contributed by atoms with Crippen LogP contribution in [-0.4, -0.2) is 61.9 Å². The van der Waals surface area contributed by atoms with Crippen molar-refractivity contribution in [1.82, 2.24) is 4.90 Å². The van der Waals surface area contributed by atoms with Gasteiger partial charge < -0.3 is 24.2 Å². The van der Waals surface area contributed by atoms with E-state index in [1.807, 2.05) is 0 Å². The molecule has 1 atom stereocenters. The van der Waals surface area contributed by atoms with Crippen LogP contribution in [0.5, 0.6) is 11.5 Å². The number of benzene rings is 1. The second-order valence-electron chi connectivity index (χ2n) is 4.53. The van der Waals surface area contributed by atoms with Crippen molar-refractivity contribution < 1.29 is 28.9 Å². The molecule has 1 fully saturated rings. The van der Waals surface area contributed by atoms with Gasteiger partial charge in [0.1, 0.15) is 11.5 Å². The van der Waals surface area contributed by atoms with Crippen LogP contribution in [0.15, 0.2) is 18.2 Å². The third kappa shape index (κ3) is 3.25. The van der Waals surface area contributed by atoms with Crippen molar-refractivity contribution in [3.8, 4) is 11.5 Å². The fourth-order valence-corrected chi connectivity index (χ4v) is 2.15. The smallest absolute Gasteiger partial charge is 0.328 e. The Hall–Kier alpha value is -2.28. The van der Waals surface area contributed by atoms with Crippen LogP contribution in [0.2, 0.25) is 0 Å². The fourth-order valence-electron chi connectivity index (χ4n) is 2.15. The number of hydrogen-bond donors (Lipinski definition) is 1. The lowest BCUT2D eigenvalue weighted by molar-refractivity contribution is -0.147. The van der Waals surface area contributed by atoms with E-state index in [2.05, 4.69) is 0 Å². The van der Waals surface area contributed by atoms with E-state index in [-0.39, 0.29) is 19.1 Å². The number of aliphatic carboxylic acids is 1. The maximum atomic E-state index is 12.5. The van der Waals surface area contributed by atoms with Gasteiger partial charge >= 0.3 is 5.97 Å². The number of ether oxygens (including phenoxy) is 3. The standard InChI is InChI=1S/C14H17NO6/c1-19-10-5-9(6-11(7-10)20-2)13(16)15-3-4-21-8-12(15)14(17)18/h5-7,12H,3-4,8H2,1-2H3,(H,17,18)/t12-/m0/s1. The second-order valence-corrected chi connectivity index (χ2v) is 4.53. The van der Waals surface area contributed by atoms with E-state index in [4.69, 9.17) is 14.2 Å². The molecule has 0 saturated carbocycles. The second kappa shape index (κ2) is 6.45. The Morgan fingerprint density at radius 1 is 1.24 bits per heavy atom. The molecule has 114 valence electrons. The SMILES string of the molecule is COc1cc(OC)cc(C(=O)N2CCOC[C@H]2C(=O)O)c1. The molecule has 7 nitrogen and oxygen atoms in total. The van der Waals surface area contributed by atoms with Gasteiger partial charge in [-0.3, -0.25) is 4.79 Å². The third-order valence-corrected chi connectivity index (χ3v) is 3.27. The molecule has 21 heavy (non-hydrogen) atoms. The first-order valence-corrected chi connectivity index (χ1v) is 6.41. The van der Waals surface area contributed by atoms with Gasteiger partial charge in [-0.15, -0.1) is 0 Å². The van der Waals surface area contributed by atoms with Crippen LogP contribution in [-0.2, 0) is 9.53 Å². The van der Waals surface area contributed by atoms with Crippen molar-refractivity contribution in [1.29, 1.82) is 0 Å². The molecule has 2 rings (SSSR count). The topological polar surface area (TPSA) is 85.3 Å². The number of rotatable bonds is 4. The van der Waals surface area contributed by atoms with E-state index in [0.717, 1.165) is 0 Å². The number of carbonyl (C=O) groups excluding carboxylic acids is 1. The number of methoxy groups -OCH3 is 2. The molecule has 0 aromatic heterocycles. The van der Waals surface area contributed by atoms with Crippen molar-refractivity contribution in [2.75, 3.05) is 34.0 Å². The third-order valence-electron chi connectivity index (χ3n) is 3.27. The molecule has 1 aromatic carbocycles. The number of carboxylic acids is 1. The lowest BCUT2D eigenvalue weighted by Gasteiger charge is -2.33. The fraction of sp³-hybridized carbons (Fsp3) is 0.429. The normalized spacial score (nSPS) is 18.2. The maximum absolute atomic E-state index is 12.5. The van der Waals surface area contributed by atoms with Crippen LogP contribution in [0.3, 0.4) is 0 Å². The molecule has 1 heterocycles. The van der Waals surface area contributed by atoms with E-state index in [1.165, 1.54) is 19.1 Å². The van der Waals surface area contributed by atoms with Gasteiger partial charge in [0.15, 0.2) is 6.04 Å². The summed E-state index contributed by atoms with van der Waals surface area (Å²) in [5, 5.41) is 9.18. The van der Waals surface area contributed by atoms with Crippen LogP contribution in [0.4, 0.5) is 0 Å². The molecule has 0 spiro atoms. The van der Waals surface area contributed by atoms with Gasteiger partial charge in [-0.05, 0) is 12.1 Å². The molecule has 1 aromatic rings. The number of amides is 1. The molecule has 0 radical (unpaired) electrons. The highest BCUT2D eigenvalue weighted by Crippen LogP contribution is 2.24. The molecule has 1 saturated heterocycles. The molecule has 0 unspecified atom stereocenters. The Kier molecular flexibility index (Phi) is 4.64. The quantitative estimate of drug-likeness (QED) is 0.877. The lowest BCUT2D eigenvalue weighted by Crippen LogP contribution is -2.52. The van der Waals surface area contributed by atoms with Gasteiger partial charge in [0.2, 0.25) is 0 Å². The van der Waals surface area contributed by atoms with Crippen LogP contribution in [0.1, 0.15) is 10.4 Å². The van der Waals surface area contributed by atoms with Gasteiger partial charge in [0.05, 0.1) is 27.4 Å². The van der Waals surface area contributed by atoms with Gasteiger partial charge in [0, 0.05) is 18.2 Å². The summed E-state index contributed by atoms with van der Waals surface area (Å²) in [7, 11) is 2.97. The maximum Gasteiger partial charge on any atom is 0.328 e. The first-order valence-electron chi connectivity index (χ1n) is 6.41. The van der Waals surface area contributed by atoms with Crippen molar-refractivity contribution in [3.63, 3.8) is 0 Å². The number of carboxylic acid groups (broad SMARTS) is 1. The zero-order chi connectivity index (χ0) is 15.4. The van der Waals surface area contributed by atoms with E-state index < -0.39 is 12.0 Å². The summed E-state index contributed by atoms with van der Waals surface area (Å²) in [6.07, 6.45) is 0. The van der Waals surface area contributed by atoms with Gasteiger partial charge in [0.25, 0.3) is 5.91 Å². The average Bonchev–Trinajstić information content (AvgIpc) is 2.53. The minimum atomic E-state index is -1.09. The summed E-state index contributed by atoms with van der Waals surface area (Å²) in [5.74, 6) is -0.531. The zero-order valence-electron chi connectivity index (χ0n) is 11.9. The number of carbonyl (C=O) groups is 2. The Morgan fingerprint density at radius 2 is 1.86 bits per heavy atom. The van der Waals surface area contributed by atoms with E-state index in [0.29, 0.717) is 23.7 Å². The van der Waals surface area contributed by atoms with E-state index in [9.17, 15) is 14.7 Å². The zero-order valence-corrected chi connectivity index (χ0v) is 11.9. The Morgan fingerprint density at radius 3 is 2.38 bits per heavy atom. The molecule has 0 aliphatic carbocycles. The molecule has 7 heteroatoms. The molecular weight excluding hydrogens is 278 g/mol. The summed E-state index contributed by atoms with van der Waals surface area (Å²) in [6.45, 7) is 0.536. The highest BCUT2D eigenvalue weighted by Gasteiger charge is 2.33. The number of morpholine rings is 1. The molecule has 1 amide bonds. The first-order chi connectivity index (χ1) is 10.1. The van der Waals surface area contributed by atoms with Crippen LogP contribution in [0, 0.1) is 0 Å². The molecule has 1 N–H and O–H groups in total. The minimum absolute atomic E-state index is 0.0117. The predicted molar refractivity (Wildman–Crippen MR) is 72.8 cm³/mol. The van der Waals surface area contributed by atoms with E-state index in [1.54, 1.807) is 18.2 Å². The summed E-state index contributed by atoms with van der Waals surface area (Å²) in [5.41, 5.74) is 0.319. The van der Waals surface area contributed by atoms with Crippen molar-refractivity contribution >= 4 is 11.9 Å². The highest BCUT2D eigenvalue weighted by atomic mass is 16.5. The Balaban J connectivity index is 2.31. The first kappa shape index (κ1) is 15.1. The van der Waals surface area contributed by atoms with Crippen LogP contribution in [0.25, 0.3) is 0 Å².